The van der Waals surface area contributed by atoms with Crippen LogP contribution in [0, 0.1) is 6.92 Å². The Hall–Kier alpha value is -2.25. The highest BCUT2D eigenvalue weighted by molar-refractivity contribution is 7.13. The minimum atomic E-state index is -0.950. The van der Waals surface area contributed by atoms with Gasteiger partial charge in [-0.05, 0) is 31.4 Å². The van der Waals surface area contributed by atoms with E-state index in [1.165, 1.54) is 22.5 Å². The lowest BCUT2D eigenvalue weighted by atomic mass is 9.99. The molecule has 138 valence electrons. The lowest BCUT2D eigenvalue weighted by molar-refractivity contribution is -0.126. The van der Waals surface area contributed by atoms with Crippen LogP contribution < -0.4 is 5.32 Å². The zero-order valence-electron chi connectivity index (χ0n) is 15.0. The number of nitrogens with zero attached hydrogens (tertiary/aromatic N) is 2. The molecular weight excluding hydrogens is 350 g/mol. The topological polar surface area (TPSA) is 82.5 Å². The number of carboxylic acids is 1. The third-order valence-electron chi connectivity index (χ3n) is 4.76. The molecule has 1 aliphatic rings. The summed E-state index contributed by atoms with van der Waals surface area (Å²) in [5.41, 5.74) is 3.19. The fourth-order valence-electron chi connectivity index (χ4n) is 3.21. The van der Waals surface area contributed by atoms with Crippen LogP contribution in [-0.2, 0) is 24.2 Å². The van der Waals surface area contributed by atoms with Crippen molar-refractivity contribution in [1.82, 2.24) is 15.2 Å². The first-order valence-electron chi connectivity index (χ1n) is 8.74. The normalized spacial score (nSPS) is 15.3. The molecule has 1 amide bonds. The fraction of sp³-hybridized carbons (Fsp3) is 0.421. The van der Waals surface area contributed by atoms with Crippen LogP contribution in [-0.4, -0.2) is 46.0 Å². The van der Waals surface area contributed by atoms with Crippen LogP contribution in [0.25, 0.3) is 0 Å². The number of benzene rings is 1. The number of amides is 1. The number of carbonyl (C=O) groups excluding carboxylic acids is 1. The molecule has 26 heavy (non-hydrogen) atoms. The Morgan fingerprint density at radius 2 is 2.08 bits per heavy atom. The van der Waals surface area contributed by atoms with Gasteiger partial charge in [-0.2, -0.15) is 0 Å². The van der Waals surface area contributed by atoms with E-state index in [-0.39, 0.29) is 16.8 Å². The third kappa shape index (κ3) is 4.11. The third-order valence-corrected chi connectivity index (χ3v) is 5.97. The van der Waals surface area contributed by atoms with Gasteiger partial charge in [0.25, 0.3) is 0 Å². The van der Waals surface area contributed by atoms with Crippen molar-refractivity contribution in [2.75, 3.05) is 13.1 Å². The van der Waals surface area contributed by atoms with Gasteiger partial charge in [0.05, 0.1) is 16.7 Å². The summed E-state index contributed by atoms with van der Waals surface area (Å²) < 4.78 is 0. The molecule has 2 aromatic rings. The maximum Gasteiger partial charge on any atom is 0.347 e. The average molecular weight is 373 g/mol. The van der Waals surface area contributed by atoms with Crippen molar-refractivity contribution in [2.24, 2.45) is 0 Å². The van der Waals surface area contributed by atoms with Crippen molar-refractivity contribution in [1.29, 1.82) is 0 Å². The maximum absolute atomic E-state index is 12.5. The molecule has 1 aliphatic heterocycles. The predicted octanol–water partition coefficient (Wildman–Crippen LogP) is 2.26. The highest BCUT2D eigenvalue weighted by Crippen LogP contribution is 2.20. The highest BCUT2D eigenvalue weighted by atomic mass is 32.1. The standard InChI is InChI=1S/C19H23N3O3S/c1-12-17(19(24)25)26-16(21-12)7-9-20-18(23)13(2)22-10-8-14-5-3-4-6-15(14)11-22/h3-6,13H,7-11H2,1-2H3,(H,20,23)(H,24,25)/t13-/m0/s1. The van der Waals surface area contributed by atoms with Gasteiger partial charge in [-0.25, -0.2) is 9.78 Å². The maximum atomic E-state index is 12.5. The minimum Gasteiger partial charge on any atom is -0.477 e. The van der Waals surface area contributed by atoms with E-state index >= 15 is 0 Å². The lowest BCUT2D eigenvalue weighted by Gasteiger charge is -2.32. The quantitative estimate of drug-likeness (QED) is 0.812. The first-order valence-corrected chi connectivity index (χ1v) is 9.55. The Morgan fingerprint density at radius 1 is 1.35 bits per heavy atom. The molecule has 0 radical (unpaired) electrons. The first-order chi connectivity index (χ1) is 12.5. The van der Waals surface area contributed by atoms with Crippen molar-refractivity contribution < 1.29 is 14.7 Å². The number of carbonyl (C=O) groups is 2. The van der Waals surface area contributed by atoms with Gasteiger partial charge in [0.15, 0.2) is 0 Å². The number of aromatic nitrogens is 1. The van der Waals surface area contributed by atoms with E-state index in [9.17, 15) is 9.59 Å². The van der Waals surface area contributed by atoms with Gasteiger partial charge in [-0.1, -0.05) is 24.3 Å². The molecule has 1 aromatic heterocycles. The number of carboxylic acid groups (broad SMARTS) is 1. The monoisotopic (exact) mass is 373 g/mol. The van der Waals surface area contributed by atoms with E-state index < -0.39 is 5.97 Å². The Kier molecular flexibility index (Phi) is 5.68. The average Bonchev–Trinajstić information content (AvgIpc) is 3.01. The second-order valence-corrected chi connectivity index (χ2v) is 7.62. The summed E-state index contributed by atoms with van der Waals surface area (Å²) in [5.74, 6) is -0.953. The van der Waals surface area contributed by atoms with Gasteiger partial charge in [-0.3, -0.25) is 9.69 Å². The van der Waals surface area contributed by atoms with Gasteiger partial charge >= 0.3 is 5.97 Å². The summed E-state index contributed by atoms with van der Waals surface area (Å²) in [5, 5.41) is 12.8. The van der Waals surface area contributed by atoms with E-state index in [4.69, 9.17) is 5.11 Å². The Morgan fingerprint density at radius 3 is 2.77 bits per heavy atom. The van der Waals surface area contributed by atoms with Crippen LogP contribution in [0.4, 0.5) is 0 Å². The Labute approximate surface area is 156 Å². The number of hydrogen-bond donors (Lipinski definition) is 2. The van der Waals surface area contributed by atoms with Gasteiger partial charge in [0.1, 0.15) is 4.88 Å². The van der Waals surface area contributed by atoms with Crippen molar-refractivity contribution >= 4 is 23.2 Å². The Balaban J connectivity index is 1.51. The smallest absolute Gasteiger partial charge is 0.347 e. The summed E-state index contributed by atoms with van der Waals surface area (Å²) in [7, 11) is 0. The minimum absolute atomic E-state index is 0.00360. The molecule has 2 N–H and O–H groups in total. The predicted molar refractivity (Wildman–Crippen MR) is 101 cm³/mol. The molecular formula is C19H23N3O3S. The van der Waals surface area contributed by atoms with E-state index in [1.807, 2.05) is 13.0 Å². The van der Waals surface area contributed by atoms with Crippen LogP contribution in [0.2, 0.25) is 0 Å². The molecule has 0 unspecified atom stereocenters. The lowest BCUT2D eigenvalue weighted by Crippen LogP contribution is -2.47. The summed E-state index contributed by atoms with van der Waals surface area (Å²) in [6, 6.07) is 8.17. The molecule has 0 saturated carbocycles. The number of nitrogens with one attached hydrogen (secondary N) is 1. The molecule has 0 fully saturated rings. The molecule has 2 heterocycles. The van der Waals surface area contributed by atoms with Crippen LogP contribution in [0.3, 0.4) is 0 Å². The second-order valence-electron chi connectivity index (χ2n) is 6.53. The number of hydrogen-bond acceptors (Lipinski definition) is 5. The zero-order valence-corrected chi connectivity index (χ0v) is 15.8. The van der Waals surface area contributed by atoms with Crippen LogP contribution in [0.15, 0.2) is 24.3 Å². The Bertz CT molecular complexity index is 818. The first kappa shape index (κ1) is 18.5. The van der Waals surface area contributed by atoms with Crippen LogP contribution in [0.1, 0.15) is 38.4 Å². The molecule has 1 aromatic carbocycles. The number of thiazole rings is 1. The fourth-order valence-corrected chi connectivity index (χ4v) is 4.11. The summed E-state index contributed by atoms with van der Waals surface area (Å²) in [6.45, 7) is 5.74. The number of rotatable bonds is 6. The van der Waals surface area contributed by atoms with Crippen LogP contribution >= 0.6 is 11.3 Å². The number of aromatic carboxylic acids is 1. The van der Waals surface area contributed by atoms with Gasteiger partial charge in [-0.15, -0.1) is 11.3 Å². The molecule has 7 heteroatoms. The number of fused-ring (bicyclic) bond motifs is 1. The van der Waals surface area contributed by atoms with E-state index in [0.29, 0.717) is 18.7 Å². The van der Waals surface area contributed by atoms with Crippen molar-refractivity contribution in [2.45, 2.75) is 39.3 Å². The van der Waals surface area contributed by atoms with E-state index in [0.717, 1.165) is 24.5 Å². The van der Waals surface area contributed by atoms with Crippen molar-refractivity contribution in [3.8, 4) is 0 Å². The molecule has 6 nitrogen and oxygen atoms in total. The molecule has 0 bridgehead atoms. The molecule has 1 atom stereocenters. The molecule has 0 aliphatic carbocycles. The summed E-state index contributed by atoms with van der Waals surface area (Å²) in [6.07, 6.45) is 1.50. The summed E-state index contributed by atoms with van der Waals surface area (Å²) in [4.78, 5) is 30.2. The van der Waals surface area contributed by atoms with Gasteiger partial charge < -0.3 is 10.4 Å². The molecule has 0 saturated heterocycles. The second kappa shape index (κ2) is 7.97. The van der Waals surface area contributed by atoms with Crippen LogP contribution in [0.5, 0.6) is 0 Å². The molecule has 3 rings (SSSR count). The molecule has 0 spiro atoms. The van der Waals surface area contributed by atoms with Gasteiger partial charge in [0.2, 0.25) is 5.91 Å². The zero-order chi connectivity index (χ0) is 18.7. The van der Waals surface area contributed by atoms with E-state index in [2.05, 4.69) is 33.4 Å². The van der Waals surface area contributed by atoms with Crippen molar-refractivity contribution in [3.63, 3.8) is 0 Å². The van der Waals surface area contributed by atoms with Crippen molar-refractivity contribution in [3.05, 3.63) is 51.0 Å². The summed E-state index contributed by atoms with van der Waals surface area (Å²) >= 11 is 1.18. The highest BCUT2D eigenvalue weighted by Gasteiger charge is 2.25. The SMILES string of the molecule is Cc1nc(CCNC(=O)[C@H](C)N2CCc3ccccc3C2)sc1C(=O)O. The van der Waals surface area contributed by atoms with E-state index in [1.54, 1.807) is 6.92 Å². The van der Waals surface area contributed by atoms with Gasteiger partial charge in [0, 0.05) is 26.1 Å². The largest absolute Gasteiger partial charge is 0.477 e. The number of aryl methyl sites for hydroxylation is 1.